The number of morpholine rings is 2. The molecule has 1 N–H and O–H groups in total. The molecule has 182 valence electrons. The number of H-pyrrole nitrogens is 1. The zero-order chi connectivity index (χ0) is 23.4. The Kier molecular flexibility index (Phi) is 5.17. The second-order valence-corrected chi connectivity index (χ2v) is 9.24. The number of pyridine rings is 1. The average molecular weight is 477 g/mol. The van der Waals surface area contributed by atoms with Crippen LogP contribution < -0.4 is 9.80 Å². The Bertz CT molecular complexity index is 1160. The third-order valence-electron chi connectivity index (χ3n) is 6.94. The predicted octanol–water partition coefficient (Wildman–Crippen LogP) is 2.84. The molecule has 0 aliphatic carbocycles. The summed E-state index contributed by atoms with van der Waals surface area (Å²) in [5, 5.41) is 11.6. The van der Waals surface area contributed by atoms with Gasteiger partial charge in [-0.2, -0.15) is 28.1 Å². The number of hydrogen-bond acceptors (Lipinski definition) is 7. The largest absolute Gasteiger partial charge is 0.394 e. The van der Waals surface area contributed by atoms with E-state index in [1.165, 1.54) is 4.68 Å². The highest BCUT2D eigenvalue weighted by Gasteiger charge is 2.40. The Labute approximate surface area is 193 Å². The van der Waals surface area contributed by atoms with Crippen molar-refractivity contribution in [3.63, 3.8) is 0 Å². The molecule has 3 aromatic rings. The van der Waals surface area contributed by atoms with E-state index in [1.54, 1.807) is 12.3 Å². The zero-order valence-electron chi connectivity index (χ0n) is 18.8. The van der Waals surface area contributed by atoms with Crippen LogP contribution in [0.3, 0.4) is 0 Å². The van der Waals surface area contributed by atoms with E-state index in [9.17, 15) is 13.2 Å². The second-order valence-electron chi connectivity index (χ2n) is 9.24. The lowest BCUT2D eigenvalue weighted by Gasteiger charge is -2.38. The summed E-state index contributed by atoms with van der Waals surface area (Å²) in [6, 6.07) is 4.03. The molecule has 0 spiro atoms. The van der Waals surface area contributed by atoms with E-state index < -0.39 is 12.6 Å². The molecule has 0 radical (unpaired) electrons. The van der Waals surface area contributed by atoms with Crippen molar-refractivity contribution in [2.45, 2.75) is 50.5 Å². The Morgan fingerprint density at radius 1 is 1.15 bits per heavy atom. The average Bonchev–Trinajstić information content (AvgIpc) is 3.50. The van der Waals surface area contributed by atoms with Crippen molar-refractivity contribution in [1.29, 1.82) is 0 Å². The molecule has 6 rings (SSSR count). The second kappa shape index (κ2) is 8.12. The van der Waals surface area contributed by atoms with E-state index >= 15 is 0 Å². The molecule has 34 heavy (non-hydrogen) atoms. The number of rotatable bonds is 4. The molecule has 6 heterocycles. The lowest BCUT2D eigenvalue weighted by atomic mass is 10.1. The highest BCUT2D eigenvalue weighted by Crippen LogP contribution is 2.40. The summed E-state index contributed by atoms with van der Waals surface area (Å²) in [6.45, 7) is 4.86. The van der Waals surface area contributed by atoms with Gasteiger partial charge in [0, 0.05) is 24.7 Å². The number of aromatic amines is 1. The number of aromatic nitrogens is 5. The third kappa shape index (κ3) is 3.68. The number of ether oxygens (including phenoxy) is 2. The lowest BCUT2D eigenvalue weighted by Crippen LogP contribution is -2.47. The number of nitrogens with zero attached hydrogens (tertiary/aromatic N) is 6. The fraction of sp³-hybridized carbons (Fsp3) is 0.591. The smallest absolute Gasteiger partial charge is 0.377 e. The van der Waals surface area contributed by atoms with E-state index in [4.69, 9.17) is 14.5 Å². The molecule has 3 saturated heterocycles. The first-order valence-electron chi connectivity index (χ1n) is 11.6. The molecule has 9 nitrogen and oxygen atoms in total. The van der Waals surface area contributed by atoms with Gasteiger partial charge in [-0.3, -0.25) is 5.10 Å². The van der Waals surface area contributed by atoms with Crippen molar-refractivity contribution < 1.29 is 22.6 Å². The summed E-state index contributed by atoms with van der Waals surface area (Å²) in [5.41, 5.74) is 1.06. The number of fused-ring (bicyclic) bond motifs is 3. The highest BCUT2D eigenvalue weighted by molar-refractivity contribution is 5.95. The van der Waals surface area contributed by atoms with Crippen molar-refractivity contribution in [1.82, 2.24) is 25.0 Å². The van der Waals surface area contributed by atoms with Crippen molar-refractivity contribution in [2.75, 3.05) is 42.8 Å². The monoisotopic (exact) mass is 477 g/mol. The van der Waals surface area contributed by atoms with Gasteiger partial charge in [-0.1, -0.05) is 0 Å². The van der Waals surface area contributed by atoms with Gasteiger partial charge >= 0.3 is 6.18 Å². The Morgan fingerprint density at radius 3 is 2.62 bits per heavy atom. The lowest BCUT2D eigenvalue weighted by molar-refractivity contribution is -0.127. The van der Waals surface area contributed by atoms with Crippen LogP contribution in [0.4, 0.5) is 24.7 Å². The predicted molar refractivity (Wildman–Crippen MR) is 119 cm³/mol. The molecule has 2 unspecified atom stereocenters. The molecule has 3 aromatic heterocycles. The third-order valence-corrected chi connectivity index (χ3v) is 6.94. The quantitative estimate of drug-likeness (QED) is 0.619. The Balaban J connectivity index is 1.60. The van der Waals surface area contributed by atoms with Crippen molar-refractivity contribution in [3.8, 4) is 5.82 Å². The van der Waals surface area contributed by atoms with Gasteiger partial charge in [-0.05, 0) is 19.8 Å². The van der Waals surface area contributed by atoms with Crippen LogP contribution in [0.25, 0.3) is 16.9 Å². The first-order chi connectivity index (χ1) is 16.4. The Hall–Kier alpha value is -2.86. The van der Waals surface area contributed by atoms with Gasteiger partial charge in [0.1, 0.15) is 5.82 Å². The van der Waals surface area contributed by atoms with Crippen LogP contribution in [-0.2, 0) is 15.9 Å². The van der Waals surface area contributed by atoms with Crippen LogP contribution in [0.1, 0.15) is 25.5 Å². The van der Waals surface area contributed by atoms with Gasteiger partial charge in [0.2, 0.25) is 0 Å². The molecule has 0 saturated carbocycles. The van der Waals surface area contributed by atoms with E-state index in [1.807, 2.05) is 13.0 Å². The van der Waals surface area contributed by atoms with Crippen LogP contribution in [0.5, 0.6) is 0 Å². The number of anilines is 2. The van der Waals surface area contributed by atoms with Gasteiger partial charge in [0.05, 0.1) is 67.9 Å². The van der Waals surface area contributed by atoms with Crippen molar-refractivity contribution >= 4 is 22.5 Å². The Morgan fingerprint density at radius 2 is 1.94 bits per heavy atom. The van der Waals surface area contributed by atoms with E-state index in [0.717, 1.165) is 18.7 Å². The van der Waals surface area contributed by atoms with E-state index in [-0.39, 0.29) is 23.8 Å². The molecule has 12 heteroatoms. The van der Waals surface area contributed by atoms with Gasteiger partial charge in [0.15, 0.2) is 11.5 Å². The fourth-order valence-corrected chi connectivity index (χ4v) is 5.45. The maximum Gasteiger partial charge on any atom is 0.394 e. The molecule has 0 aromatic carbocycles. The standard InChI is InChI=1S/C22H26F3N7O2/c1-13-10-33-7-6-30(13)17-8-19(31-14-2-3-15(31)12-34-11-14)27-21-20(17)16(9-22(23,24)25)29-32(21)18-4-5-26-28-18/h4-5,8,13-15H,2-3,6-7,9-12H2,1H3,(H,26,28)/t13-,14?,15?/m1/s1. The summed E-state index contributed by atoms with van der Waals surface area (Å²) in [7, 11) is 0. The fourth-order valence-electron chi connectivity index (χ4n) is 5.45. The van der Waals surface area contributed by atoms with Crippen LogP contribution >= 0.6 is 0 Å². The van der Waals surface area contributed by atoms with Gasteiger partial charge < -0.3 is 19.3 Å². The topological polar surface area (TPSA) is 84.3 Å². The van der Waals surface area contributed by atoms with Crippen molar-refractivity contribution in [3.05, 3.63) is 24.0 Å². The van der Waals surface area contributed by atoms with Crippen LogP contribution in [0, 0.1) is 0 Å². The van der Waals surface area contributed by atoms with Gasteiger partial charge in [-0.15, -0.1) is 0 Å². The summed E-state index contributed by atoms with van der Waals surface area (Å²) in [5.74, 6) is 1.21. The zero-order valence-corrected chi connectivity index (χ0v) is 18.8. The molecular weight excluding hydrogens is 451 g/mol. The van der Waals surface area contributed by atoms with Gasteiger partial charge in [-0.25, -0.2) is 4.98 Å². The molecule has 3 aliphatic rings. The number of alkyl halides is 3. The normalized spacial score (nSPS) is 25.5. The first kappa shape index (κ1) is 21.7. The number of nitrogens with one attached hydrogen (secondary N) is 1. The minimum absolute atomic E-state index is 0.00264. The molecule has 0 amide bonds. The summed E-state index contributed by atoms with van der Waals surface area (Å²) in [6.07, 6.45) is -1.99. The molecule has 3 aliphatic heterocycles. The molecule has 3 atom stereocenters. The summed E-state index contributed by atoms with van der Waals surface area (Å²) in [4.78, 5) is 9.33. The van der Waals surface area contributed by atoms with Crippen molar-refractivity contribution in [2.24, 2.45) is 0 Å². The number of hydrogen-bond donors (Lipinski definition) is 1. The summed E-state index contributed by atoms with van der Waals surface area (Å²) < 4.78 is 53.6. The number of halogens is 3. The van der Waals surface area contributed by atoms with E-state index in [2.05, 4.69) is 25.1 Å². The maximum absolute atomic E-state index is 13.6. The molecule has 2 bridgehead atoms. The van der Waals surface area contributed by atoms with E-state index in [0.29, 0.717) is 55.5 Å². The molecule has 3 fully saturated rings. The van der Waals surface area contributed by atoms with Crippen LogP contribution in [-0.4, -0.2) is 82.2 Å². The minimum atomic E-state index is -4.41. The first-order valence-corrected chi connectivity index (χ1v) is 11.6. The maximum atomic E-state index is 13.6. The summed E-state index contributed by atoms with van der Waals surface area (Å²) >= 11 is 0. The van der Waals surface area contributed by atoms with Crippen LogP contribution in [0.2, 0.25) is 0 Å². The highest BCUT2D eigenvalue weighted by atomic mass is 19.4. The van der Waals surface area contributed by atoms with Crippen LogP contribution in [0.15, 0.2) is 18.3 Å². The van der Waals surface area contributed by atoms with Gasteiger partial charge in [0.25, 0.3) is 0 Å². The molecular formula is C22H26F3N7O2. The minimum Gasteiger partial charge on any atom is -0.377 e. The SMILES string of the molecule is C[C@@H]1COCCN1c1cc(N2C3CCC2COC3)nc2c1c(CC(F)(F)F)nn2-c1ccn[nH]1.